The second-order valence-electron chi connectivity index (χ2n) is 3.79. The Hall–Kier alpha value is -1.46. The summed E-state index contributed by atoms with van der Waals surface area (Å²) in [4.78, 5) is 0. The van der Waals surface area contributed by atoms with Crippen molar-refractivity contribution in [3.8, 4) is 17.6 Å². The van der Waals surface area contributed by atoms with E-state index in [1.165, 1.54) is 11.1 Å². The van der Waals surface area contributed by atoms with Crippen LogP contribution in [0.4, 0.5) is 0 Å². The van der Waals surface area contributed by atoms with Crippen molar-refractivity contribution < 1.29 is 4.74 Å². The van der Waals surface area contributed by atoms with Gasteiger partial charge in [0.25, 0.3) is 0 Å². The smallest absolute Gasteiger partial charge is 0.119 e. The van der Waals surface area contributed by atoms with Gasteiger partial charge in [0, 0.05) is 18.5 Å². The van der Waals surface area contributed by atoms with Gasteiger partial charge in [-0.2, -0.15) is 0 Å². The van der Waals surface area contributed by atoms with Crippen molar-refractivity contribution in [3.63, 3.8) is 0 Å². The highest BCUT2D eigenvalue weighted by Gasteiger charge is 2.02. The molecule has 0 spiro atoms. The number of hydrogen-bond donors (Lipinski definition) is 1. The van der Waals surface area contributed by atoms with Crippen molar-refractivity contribution in [3.05, 3.63) is 28.8 Å². The Morgan fingerprint density at radius 3 is 2.38 bits per heavy atom. The molecule has 1 aromatic carbocycles. The fourth-order valence-corrected chi connectivity index (χ4v) is 1.58. The highest BCUT2D eigenvalue weighted by molar-refractivity contribution is 5.50. The van der Waals surface area contributed by atoms with Gasteiger partial charge in [-0.1, -0.05) is 11.8 Å². The summed E-state index contributed by atoms with van der Waals surface area (Å²) in [5, 5.41) is 3.08. The monoisotopic (exact) mass is 217 g/mol. The fraction of sp³-hybridized carbons (Fsp3) is 0.429. The second kappa shape index (κ2) is 6.19. The molecule has 0 aliphatic heterocycles. The van der Waals surface area contributed by atoms with E-state index in [9.17, 15) is 0 Å². The summed E-state index contributed by atoms with van der Waals surface area (Å²) >= 11 is 0. The van der Waals surface area contributed by atoms with Gasteiger partial charge in [0.1, 0.15) is 5.75 Å². The van der Waals surface area contributed by atoms with Gasteiger partial charge < -0.3 is 10.1 Å². The third-order valence-corrected chi connectivity index (χ3v) is 2.46. The van der Waals surface area contributed by atoms with E-state index in [4.69, 9.17) is 4.74 Å². The molecule has 0 fully saturated rings. The van der Waals surface area contributed by atoms with Gasteiger partial charge in [-0.25, -0.2) is 0 Å². The molecule has 0 aliphatic rings. The van der Waals surface area contributed by atoms with Crippen LogP contribution >= 0.6 is 0 Å². The number of hydrogen-bond acceptors (Lipinski definition) is 2. The summed E-state index contributed by atoms with van der Waals surface area (Å²) in [6.45, 7) is 5.07. The molecule has 0 heterocycles. The van der Waals surface area contributed by atoms with Crippen molar-refractivity contribution in [2.24, 2.45) is 0 Å². The standard InChI is InChI=1S/C14H19NO/c1-11-9-13(16-4)10-12(2)14(11)7-5-6-8-15-3/h9-10,15H,6,8H2,1-4H3. The van der Waals surface area contributed by atoms with Crippen LogP contribution in [0.25, 0.3) is 0 Å². The number of aryl methyl sites for hydroxylation is 2. The number of benzene rings is 1. The molecule has 1 aromatic rings. The van der Waals surface area contributed by atoms with Gasteiger partial charge in [-0.05, 0) is 44.2 Å². The Morgan fingerprint density at radius 1 is 1.25 bits per heavy atom. The maximum atomic E-state index is 5.22. The van der Waals surface area contributed by atoms with Crippen LogP contribution in [0, 0.1) is 25.7 Å². The van der Waals surface area contributed by atoms with E-state index in [0.717, 1.165) is 24.3 Å². The molecule has 0 amide bonds. The van der Waals surface area contributed by atoms with Gasteiger partial charge >= 0.3 is 0 Å². The molecule has 0 saturated carbocycles. The van der Waals surface area contributed by atoms with Crippen LogP contribution in [0.5, 0.6) is 5.75 Å². The fourth-order valence-electron chi connectivity index (χ4n) is 1.58. The molecular formula is C14H19NO. The maximum Gasteiger partial charge on any atom is 0.119 e. The van der Waals surface area contributed by atoms with Crippen LogP contribution in [0.2, 0.25) is 0 Å². The minimum atomic E-state index is 0.876. The summed E-state index contributed by atoms with van der Waals surface area (Å²) < 4.78 is 5.22. The normalized spacial score (nSPS) is 9.50. The van der Waals surface area contributed by atoms with E-state index in [0.29, 0.717) is 0 Å². The van der Waals surface area contributed by atoms with Crippen LogP contribution in [0.1, 0.15) is 23.1 Å². The number of nitrogens with one attached hydrogen (secondary N) is 1. The minimum Gasteiger partial charge on any atom is -0.497 e. The average Bonchev–Trinajstić information content (AvgIpc) is 2.26. The summed E-state index contributed by atoms with van der Waals surface area (Å²) in [6, 6.07) is 4.05. The molecule has 0 aromatic heterocycles. The van der Waals surface area contributed by atoms with Crippen LogP contribution in [-0.2, 0) is 0 Å². The van der Waals surface area contributed by atoms with Crippen LogP contribution < -0.4 is 10.1 Å². The molecule has 0 radical (unpaired) electrons. The van der Waals surface area contributed by atoms with Crippen LogP contribution in [0.15, 0.2) is 12.1 Å². The number of methoxy groups -OCH3 is 1. The number of rotatable bonds is 3. The topological polar surface area (TPSA) is 21.3 Å². The first-order valence-electron chi connectivity index (χ1n) is 5.47. The second-order valence-corrected chi connectivity index (χ2v) is 3.79. The van der Waals surface area contributed by atoms with E-state index in [1.54, 1.807) is 7.11 Å². The first kappa shape index (κ1) is 12.6. The molecule has 0 atom stereocenters. The third-order valence-electron chi connectivity index (χ3n) is 2.46. The zero-order valence-electron chi connectivity index (χ0n) is 10.5. The van der Waals surface area contributed by atoms with Crippen molar-refractivity contribution in [1.82, 2.24) is 5.32 Å². The van der Waals surface area contributed by atoms with Gasteiger partial charge in [0.05, 0.1) is 7.11 Å². The summed E-state index contributed by atoms with van der Waals surface area (Å²) in [5.74, 6) is 7.29. The lowest BCUT2D eigenvalue weighted by molar-refractivity contribution is 0.414. The zero-order chi connectivity index (χ0) is 12.0. The van der Waals surface area contributed by atoms with E-state index in [1.807, 2.05) is 19.2 Å². The molecular weight excluding hydrogens is 198 g/mol. The van der Waals surface area contributed by atoms with E-state index in [2.05, 4.69) is 31.0 Å². The maximum absolute atomic E-state index is 5.22. The first-order valence-corrected chi connectivity index (χ1v) is 5.47. The minimum absolute atomic E-state index is 0.876. The lowest BCUT2D eigenvalue weighted by Crippen LogP contribution is -2.05. The quantitative estimate of drug-likeness (QED) is 0.619. The van der Waals surface area contributed by atoms with Crippen molar-refractivity contribution in [1.29, 1.82) is 0 Å². The predicted octanol–water partition coefficient (Wildman–Crippen LogP) is 2.27. The van der Waals surface area contributed by atoms with Crippen LogP contribution in [-0.4, -0.2) is 20.7 Å². The molecule has 0 aliphatic carbocycles. The molecule has 2 heteroatoms. The van der Waals surface area contributed by atoms with E-state index in [-0.39, 0.29) is 0 Å². The highest BCUT2D eigenvalue weighted by Crippen LogP contribution is 2.20. The zero-order valence-corrected chi connectivity index (χ0v) is 10.5. The van der Waals surface area contributed by atoms with Crippen molar-refractivity contribution in [2.45, 2.75) is 20.3 Å². The van der Waals surface area contributed by atoms with E-state index >= 15 is 0 Å². The first-order chi connectivity index (χ1) is 7.69. The molecule has 1 rings (SSSR count). The highest BCUT2D eigenvalue weighted by atomic mass is 16.5. The predicted molar refractivity (Wildman–Crippen MR) is 67.9 cm³/mol. The van der Waals surface area contributed by atoms with Gasteiger partial charge in [-0.15, -0.1) is 0 Å². The third kappa shape index (κ3) is 3.29. The van der Waals surface area contributed by atoms with Gasteiger partial charge in [-0.3, -0.25) is 0 Å². The van der Waals surface area contributed by atoms with Crippen molar-refractivity contribution in [2.75, 3.05) is 20.7 Å². The van der Waals surface area contributed by atoms with Gasteiger partial charge in [0.15, 0.2) is 0 Å². The Labute approximate surface area is 98.0 Å². The Morgan fingerprint density at radius 2 is 1.88 bits per heavy atom. The molecule has 2 nitrogen and oxygen atoms in total. The Balaban J connectivity index is 2.90. The number of ether oxygens (including phenoxy) is 1. The lowest BCUT2D eigenvalue weighted by atomic mass is 10.0. The molecule has 0 bridgehead atoms. The van der Waals surface area contributed by atoms with Crippen molar-refractivity contribution >= 4 is 0 Å². The van der Waals surface area contributed by atoms with Crippen LogP contribution in [0.3, 0.4) is 0 Å². The molecule has 1 N–H and O–H groups in total. The summed E-state index contributed by atoms with van der Waals surface area (Å²) in [6.07, 6.45) is 0.876. The van der Waals surface area contributed by atoms with Gasteiger partial charge in [0.2, 0.25) is 0 Å². The lowest BCUT2D eigenvalue weighted by Gasteiger charge is -2.06. The SMILES string of the molecule is CNCCC#Cc1c(C)cc(OC)cc1C. The molecule has 0 saturated heterocycles. The molecule has 16 heavy (non-hydrogen) atoms. The summed E-state index contributed by atoms with van der Waals surface area (Å²) in [7, 11) is 3.62. The summed E-state index contributed by atoms with van der Waals surface area (Å²) in [5.41, 5.74) is 3.47. The average molecular weight is 217 g/mol. The molecule has 86 valence electrons. The Bertz CT molecular complexity index is 389. The Kier molecular flexibility index (Phi) is 4.88. The van der Waals surface area contributed by atoms with E-state index < -0.39 is 0 Å². The largest absolute Gasteiger partial charge is 0.497 e. The molecule has 0 unspecified atom stereocenters.